The first-order valence-corrected chi connectivity index (χ1v) is 13.0. The molecule has 36 heavy (non-hydrogen) atoms. The SMILES string of the molecule is CN1CCCC1COc1nc2c(c(N3CCNC(CC#N)C3)n1)CN(c1ccc3ccccc3c1)C2. The van der Waals surface area contributed by atoms with Crippen molar-refractivity contribution in [1.29, 1.82) is 5.26 Å². The van der Waals surface area contributed by atoms with E-state index in [1.807, 2.05) is 0 Å². The molecule has 4 heterocycles. The summed E-state index contributed by atoms with van der Waals surface area (Å²) >= 11 is 0. The van der Waals surface area contributed by atoms with E-state index in [2.05, 4.69) is 75.6 Å². The number of nitriles is 1. The first kappa shape index (κ1) is 23.0. The molecule has 2 atom stereocenters. The molecule has 186 valence electrons. The lowest BCUT2D eigenvalue weighted by atomic mass is 10.1. The first-order chi connectivity index (χ1) is 17.7. The van der Waals surface area contributed by atoms with E-state index in [0.29, 0.717) is 25.1 Å². The van der Waals surface area contributed by atoms with Gasteiger partial charge in [0.2, 0.25) is 0 Å². The van der Waals surface area contributed by atoms with Crippen LogP contribution in [0.1, 0.15) is 30.5 Å². The summed E-state index contributed by atoms with van der Waals surface area (Å²) < 4.78 is 6.21. The molecule has 0 spiro atoms. The molecular formula is C28H33N7O. The Morgan fingerprint density at radius 1 is 1.08 bits per heavy atom. The van der Waals surface area contributed by atoms with Crippen molar-refractivity contribution in [1.82, 2.24) is 20.2 Å². The van der Waals surface area contributed by atoms with Crippen LogP contribution in [-0.2, 0) is 13.1 Å². The Morgan fingerprint density at radius 2 is 1.97 bits per heavy atom. The van der Waals surface area contributed by atoms with Gasteiger partial charge in [-0.25, -0.2) is 0 Å². The second kappa shape index (κ2) is 9.92. The van der Waals surface area contributed by atoms with Gasteiger partial charge in [-0.3, -0.25) is 0 Å². The summed E-state index contributed by atoms with van der Waals surface area (Å²) in [4.78, 5) is 16.9. The van der Waals surface area contributed by atoms with Crippen molar-refractivity contribution in [2.24, 2.45) is 0 Å². The lowest BCUT2D eigenvalue weighted by molar-refractivity contribution is 0.187. The molecule has 3 aliphatic heterocycles. The van der Waals surface area contributed by atoms with Gasteiger partial charge in [0.15, 0.2) is 0 Å². The molecule has 8 heteroatoms. The number of anilines is 2. The molecule has 6 rings (SSSR count). The number of hydrogen-bond donors (Lipinski definition) is 1. The summed E-state index contributed by atoms with van der Waals surface area (Å²) in [5, 5.41) is 15.2. The van der Waals surface area contributed by atoms with Crippen LogP contribution < -0.4 is 19.9 Å². The van der Waals surface area contributed by atoms with Crippen molar-refractivity contribution in [3.8, 4) is 12.1 Å². The minimum absolute atomic E-state index is 0.142. The molecule has 0 saturated carbocycles. The van der Waals surface area contributed by atoms with Gasteiger partial charge in [0.1, 0.15) is 12.4 Å². The Hall–Kier alpha value is -3.41. The summed E-state index contributed by atoms with van der Waals surface area (Å²) in [6.07, 6.45) is 2.85. The highest BCUT2D eigenvalue weighted by Gasteiger charge is 2.31. The number of likely N-dealkylation sites (tertiary alicyclic amines) is 1. The van der Waals surface area contributed by atoms with E-state index in [9.17, 15) is 5.26 Å². The van der Waals surface area contributed by atoms with E-state index in [1.54, 1.807) is 0 Å². The lowest BCUT2D eigenvalue weighted by Crippen LogP contribution is -2.51. The third-order valence-electron chi connectivity index (χ3n) is 7.81. The zero-order valence-electron chi connectivity index (χ0n) is 20.9. The number of rotatable bonds is 6. The number of hydrogen-bond acceptors (Lipinski definition) is 8. The highest BCUT2D eigenvalue weighted by molar-refractivity contribution is 5.86. The number of aromatic nitrogens is 2. The van der Waals surface area contributed by atoms with Crippen LogP contribution in [0.3, 0.4) is 0 Å². The predicted octanol–water partition coefficient (Wildman–Crippen LogP) is 3.31. The van der Waals surface area contributed by atoms with Gasteiger partial charge in [-0.1, -0.05) is 30.3 Å². The zero-order chi connectivity index (χ0) is 24.5. The van der Waals surface area contributed by atoms with Crippen LogP contribution in [0, 0.1) is 11.3 Å². The van der Waals surface area contributed by atoms with E-state index < -0.39 is 0 Å². The topological polar surface area (TPSA) is 80.5 Å². The largest absolute Gasteiger partial charge is 0.462 e. The van der Waals surface area contributed by atoms with Crippen LogP contribution in [0.15, 0.2) is 42.5 Å². The van der Waals surface area contributed by atoms with Gasteiger partial charge in [0.05, 0.1) is 24.7 Å². The van der Waals surface area contributed by atoms with Crippen LogP contribution in [0.4, 0.5) is 11.5 Å². The zero-order valence-corrected chi connectivity index (χ0v) is 20.9. The Morgan fingerprint density at radius 3 is 2.81 bits per heavy atom. The molecule has 0 bridgehead atoms. The number of benzene rings is 2. The molecule has 3 aromatic rings. The second-order valence-electron chi connectivity index (χ2n) is 10.2. The fraction of sp³-hybridized carbons (Fsp3) is 0.464. The minimum Gasteiger partial charge on any atom is -0.462 e. The summed E-state index contributed by atoms with van der Waals surface area (Å²) in [5.41, 5.74) is 3.40. The van der Waals surface area contributed by atoms with E-state index >= 15 is 0 Å². The highest BCUT2D eigenvalue weighted by Crippen LogP contribution is 2.35. The standard InChI is InChI=1S/C28H33N7O/c1-33-13-4-7-24(33)19-36-28-31-26-18-35(23-9-8-20-5-2-3-6-21(20)15-23)17-25(26)27(32-28)34-14-12-30-22(16-34)10-11-29/h2-3,5-6,8-9,15,22,24,30H,4,7,10,12-14,16-19H2,1H3. The van der Waals surface area contributed by atoms with Crippen molar-refractivity contribution in [2.45, 2.75) is 44.4 Å². The smallest absolute Gasteiger partial charge is 0.318 e. The summed E-state index contributed by atoms with van der Waals surface area (Å²) in [5.74, 6) is 0.961. The van der Waals surface area contributed by atoms with Crippen molar-refractivity contribution in [2.75, 3.05) is 49.6 Å². The maximum atomic E-state index is 9.24. The number of likely N-dealkylation sites (N-methyl/N-ethyl adjacent to an activating group) is 1. The number of nitrogens with zero attached hydrogens (tertiary/aromatic N) is 6. The number of nitrogens with one attached hydrogen (secondary N) is 1. The molecule has 1 N–H and O–H groups in total. The van der Waals surface area contributed by atoms with Crippen LogP contribution in [-0.4, -0.2) is 66.8 Å². The van der Waals surface area contributed by atoms with E-state index in [1.165, 1.54) is 28.4 Å². The Kier molecular flexibility index (Phi) is 6.34. The molecule has 2 aromatic carbocycles. The van der Waals surface area contributed by atoms with E-state index in [0.717, 1.165) is 57.2 Å². The summed E-state index contributed by atoms with van der Waals surface area (Å²) in [6.45, 7) is 5.68. The fourth-order valence-electron chi connectivity index (χ4n) is 5.72. The average Bonchev–Trinajstić information content (AvgIpc) is 3.53. The average molecular weight is 484 g/mol. The highest BCUT2D eigenvalue weighted by atomic mass is 16.5. The Labute approximate surface area is 212 Å². The van der Waals surface area contributed by atoms with Gasteiger partial charge in [0, 0.05) is 49.5 Å². The second-order valence-corrected chi connectivity index (χ2v) is 10.2. The van der Waals surface area contributed by atoms with Gasteiger partial charge in [-0.2, -0.15) is 15.2 Å². The first-order valence-electron chi connectivity index (χ1n) is 13.0. The van der Waals surface area contributed by atoms with Crippen molar-refractivity contribution >= 4 is 22.3 Å². The maximum absolute atomic E-state index is 9.24. The van der Waals surface area contributed by atoms with Gasteiger partial charge >= 0.3 is 6.01 Å². The quantitative estimate of drug-likeness (QED) is 0.572. The molecule has 2 unspecified atom stereocenters. The van der Waals surface area contributed by atoms with E-state index in [-0.39, 0.29) is 6.04 Å². The molecular weight excluding hydrogens is 450 g/mol. The van der Waals surface area contributed by atoms with Crippen LogP contribution >= 0.6 is 0 Å². The van der Waals surface area contributed by atoms with Gasteiger partial charge in [-0.05, 0) is 49.3 Å². The molecule has 2 saturated heterocycles. The van der Waals surface area contributed by atoms with Crippen LogP contribution in [0.2, 0.25) is 0 Å². The van der Waals surface area contributed by atoms with Crippen LogP contribution in [0.25, 0.3) is 10.8 Å². The molecule has 1 aromatic heterocycles. The van der Waals surface area contributed by atoms with Gasteiger partial charge < -0.3 is 24.8 Å². The molecule has 0 radical (unpaired) electrons. The van der Waals surface area contributed by atoms with Gasteiger partial charge in [-0.15, -0.1) is 0 Å². The predicted molar refractivity (Wildman–Crippen MR) is 141 cm³/mol. The molecule has 0 amide bonds. The molecule has 8 nitrogen and oxygen atoms in total. The normalized spacial score (nSPS) is 22.1. The molecule has 2 fully saturated rings. The minimum atomic E-state index is 0.142. The monoisotopic (exact) mass is 483 g/mol. The number of fused-ring (bicyclic) bond motifs is 2. The van der Waals surface area contributed by atoms with Gasteiger partial charge in [0.25, 0.3) is 0 Å². The van der Waals surface area contributed by atoms with Crippen LogP contribution in [0.5, 0.6) is 6.01 Å². The molecule has 3 aliphatic rings. The lowest BCUT2D eigenvalue weighted by Gasteiger charge is -2.34. The van der Waals surface area contributed by atoms with Crippen molar-refractivity contribution in [3.63, 3.8) is 0 Å². The number of piperazine rings is 1. The Balaban J connectivity index is 1.30. The van der Waals surface area contributed by atoms with Crippen molar-refractivity contribution < 1.29 is 4.74 Å². The Bertz CT molecular complexity index is 1290. The number of ether oxygens (including phenoxy) is 1. The summed E-state index contributed by atoms with van der Waals surface area (Å²) in [7, 11) is 2.16. The maximum Gasteiger partial charge on any atom is 0.318 e. The van der Waals surface area contributed by atoms with E-state index in [4.69, 9.17) is 14.7 Å². The third kappa shape index (κ3) is 4.57. The summed E-state index contributed by atoms with van der Waals surface area (Å²) in [6, 6.07) is 18.5. The van der Waals surface area contributed by atoms with Crippen molar-refractivity contribution in [3.05, 3.63) is 53.7 Å². The fourth-order valence-corrected chi connectivity index (χ4v) is 5.72. The molecule has 0 aliphatic carbocycles. The third-order valence-corrected chi connectivity index (χ3v) is 7.81.